The summed E-state index contributed by atoms with van der Waals surface area (Å²) < 4.78 is 238. The third-order valence-electron chi connectivity index (χ3n) is 6.64. The maximum Gasteiger partial charge on any atom is 0.510 e. The van der Waals surface area contributed by atoms with Gasteiger partial charge in [-0.25, -0.2) is 0 Å². The summed E-state index contributed by atoms with van der Waals surface area (Å²) in [6, 6.07) is 0. The van der Waals surface area contributed by atoms with E-state index in [1.165, 1.54) is 0 Å². The highest BCUT2D eigenvalue weighted by molar-refractivity contribution is 6.63. The molecule has 0 bridgehead atoms. The van der Waals surface area contributed by atoms with E-state index in [1.807, 2.05) is 0 Å². The van der Waals surface area contributed by atoms with Crippen LogP contribution in [0.3, 0.4) is 0 Å². The second-order valence-corrected chi connectivity index (χ2v) is 15.2. The standard InChI is InChI=1S/C23H38F14O6Si2/c1-9-38-44(39-10-2,40-11-3)15(7)17(24,25)19(28,29)21(32,33)23(36,37)22(34,35)20(30,31)18(26,27)16(8)45(41-12-4,42-13-5)43-14-6/h15-16H,9-14H2,1-8H3. The molecule has 2 unspecified atom stereocenters. The first-order chi connectivity index (χ1) is 20.2. The monoisotopic (exact) mass is 732 g/mol. The summed E-state index contributed by atoms with van der Waals surface area (Å²) in [4.78, 5) is 0. The molecule has 272 valence electrons. The number of hydrogen-bond acceptors (Lipinski definition) is 6. The maximum atomic E-state index is 15.2. The zero-order valence-corrected chi connectivity index (χ0v) is 27.6. The van der Waals surface area contributed by atoms with Gasteiger partial charge >= 0.3 is 59.1 Å². The smallest absolute Gasteiger partial charge is 0.373 e. The van der Waals surface area contributed by atoms with Crippen LogP contribution in [0.1, 0.15) is 55.4 Å². The molecule has 2 atom stereocenters. The van der Waals surface area contributed by atoms with Crippen molar-refractivity contribution in [3.63, 3.8) is 0 Å². The van der Waals surface area contributed by atoms with Gasteiger partial charge < -0.3 is 26.6 Å². The Balaban J connectivity index is 7.25. The van der Waals surface area contributed by atoms with E-state index >= 15 is 17.6 Å². The van der Waals surface area contributed by atoms with E-state index in [2.05, 4.69) is 0 Å². The van der Waals surface area contributed by atoms with Gasteiger partial charge in [0.1, 0.15) is 0 Å². The zero-order chi connectivity index (χ0) is 36.1. The number of alkyl halides is 14. The highest BCUT2D eigenvalue weighted by Crippen LogP contribution is 2.65. The molecule has 0 fully saturated rings. The number of halogens is 14. The van der Waals surface area contributed by atoms with Crippen LogP contribution in [0.15, 0.2) is 0 Å². The summed E-state index contributed by atoms with van der Waals surface area (Å²) in [7, 11) is -10.5. The largest absolute Gasteiger partial charge is 0.510 e. The molecule has 0 saturated carbocycles. The minimum Gasteiger partial charge on any atom is -0.373 e. The van der Waals surface area contributed by atoms with Gasteiger partial charge in [0.15, 0.2) is 0 Å². The van der Waals surface area contributed by atoms with Crippen molar-refractivity contribution in [3.8, 4) is 0 Å². The third kappa shape index (κ3) is 7.17. The minimum absolute atomic E-state index is 0.0390. The molecule has 0 aromatic heterocycles. The predicted octanol–water partition coefficient (Wildman–Crippen LogP) is 8.31. The summed E-state index contributed by atoms with van der Waals surface area (Å²) in [6.45, 7) is 2.79. The minimum atomic E-state index is -8.26. The Morgan fingerprint density at radius 2 is 0.511 bits per heavy atom. The van der Waals surface area contributed by atoms with Gasteiger partial charge in [0.05, 0.1) is 11.1 Å². The molecule has 0 amide bonds. The molecule has 0 rings (SSSR count). The summed E-state index contributed by atoms with van der Waals surface area (Å²) in [5, 5.41) is 0. The highest BCUT2D eigenvalue weighted by atomic mass is 28.4. The maximum absolute atomic E-state index is 15.2. The predicted molar refractivity (Wildman–Crippen MR) is 135 cm³/mol. The van der Waals surface area contributed by atoms with Crippen LogP contribution in [0, 0.1) is 0 Å². The molecule has 0 N–H and O–H groups in total. The van der Waals surface area contributed by atoms with Crippen LogP contribution < -0.4 is 0 Å². The van der Waals surface area contributed by atoms with Crippen LogP contribution in [-0.2, 0) is 26.6 Å². The average molecular weight is 733 g/mol. The molecule has 0 aromatic rings. The lowest BCUT2D eigenvalue weighted by atomic mass is 9.88. The van der Waals surface area contributed by atoms with Crippen LogP contribution in [0.4, 0.5) is 61.5 Å². The lowest BCUT2D eigenvalue weighted by Crippen LogP contribution is -2.75. The van der Waals surface area contributed by atoms with Crippen LogP contribution >= 0.6 is 0 Å². The Morgan fingerprint density at radius 1 is 0.356 bits per heavy atom. The molecule has 0 heterocycles. The summed E-state index contributed by atoms with van der Waals surface area (Å²) in [5.74, 6) is -52.8. The Bertz CT molecular complexity index is 825. The van der Waals surface area contributed by atoms with Crippen LogP contribution in [-0.4, -0.2) is 98.7 Å². The van der Waals surface area contributed by atoms with Crippen molar-refractivity contribution in [1.29, 1.82) is 0 Å². The fourth-order valence-corrected chi connectivity index (χ4v) is 9.87. The van der Waals surface area contributed by atoms with Crippen molar-refractivity contribution in [2.45, 2.75) is 108 Å². The average Bonchev–Trinajstić information content (AvgIpc) is 2.92. The van der Waals surface area contributed by atoms with Crippen LogP contribution in [0.2, 0.25) is 11.1 Å². The Morgan fingerprint density at radius 3 is 0.667 bits per heavy atom. The van der Waals surface area contributed by atoms with E-state index < -0.39 is 110 Å². The van der Waals surface area contributed by atoms with E-state index in [1.54, 1.807) is 0 Å². The van der Waals surface area contributed by atoms with Crippen molar-refractivity contribution in [1.82, 2.24) is 0 Å². The second kappa shape index (κ2) is 15.2. The number of hydrogen-bond donors (Lipinski definition) is 0. The van der Waals surface area contributed by atoms with Gasteiger partial charge in [0.25, 0.3) is 0 Å². The first kappa shape index (κ1) is 44.2. The van der Waals surface area contributed by atoms with E-state index in [0.717, 1.165) is 41.5 Å². The summed E-state index contributed by atoms with van der Waals surface area (Å²) in [5.41, 5.74) is -6.79. The van der Waals surface area contributed by atoms with Gasteiger partial charge in [0.2, 0.25) is 0 Å². The molecule has 6 nitrogen and oxygen atoms in total. The van der Waals surface area contributed by atoms with Gasteiger partial charge in [-0.15, -0.1) is 0 Å². The second-order valence-electron chi connectivity index (χ2n) is 9.37. The highest BCUT2D eigenvalue weighted by Gasteiger charge is 2.94. The lowest BCUT2D eigenvalue weighted by molar-refractivity contribution is -0.442. The third-order valence-corrected chi connectivity index (χ3v) is 13.6. The first-order valence-electron chi connectivity index (χ1n) is 13.7. The Kier molecular flexibility index (Phi) is 14.9. The summed E-state index contributed by atoms with van der Waals surface area (Å²) in [6.07, 6.45) is 0. The first-order valence-corrected chi connectivity index (χ1v) is 17.3. The Hall–Kier alpha value is -0.786. The molecule has 0 aliphatic rings. The van der Waals surface area contributed by atoms with Crippen molar-refractivity contribution >= 4 is 17.6 Å². The van der Waals surface area contributed by atoms with Gasteiger partial charge in [0, 0.05) is 39.6 Å². The normalized spacial score (nSPS) is 16.7. The fraction of sp³-hybridized carbons (Fsp3) is 1.00. The van der Waals surface area contributed by atoms with Gasteiger partial charge in [-0.05, 0) is 41.5 Å². The molecule has 0 aliphatic heterocycles. The van der Waals surface area contributed by atoms with Gasteiger partial charge in [-0.2, -0.15) is 61.5 Å². The van der Waals surface area contributed by atoms with E-state index in [9.17, 15) is 43.9 Å². The molecule has 22 heteroatoms. The fourth-order valence-electron chi connectivity index (χ4n) is 4.21. The molecular weight excluding hydrogens is 694 g/mol. The Labute approximate surface area is 253 Å². The van der Waals surface area contributed by atoms with Crippen molar-refractivity contribution in [2.75, 3.05) is 39.6 Å². The van der Waals surface area contributed by atoms with Crippen molar-refractivity contribution in [2.24, 2.45) is 0 Å². The summed E-state index contributed by atoms with van der Waals surface area (Å²) >= 11 is 0. The van der Waals surface area contributed by atoms with Crippen molar-refractivity contribution < 1.29 is 88.0 Å². The van der Waals surface area contributed by atoms with E-state index in [-0.39, 0.29) is 13.8 Å². The SMILES string of the molecule is CCO[Si](OCC)(OCC)C(C)C(F)(F)C(F)(F)C(F)(F)C(F)(F)C(F)(F)C(F)(F)C(F)(F)C(C)[Si](OCC)(OCC)OCC. The van der Waals surface area contributed by atoms with E-state index in [4.69, 9.17) is 26.6 Å². The van der Waals surface area contributed by atoms with Crippen LogP contribution in [0.5, 0.6) is 0 Å². The lowest BCUT2D eigenvalue weighted by Gasteiger charge is -2.46. The molecule has 0 saturated heterocycles. The van der Waals surface area contributed by atoms with Crippen molar-refractivity contribution in [3.05, 3.63) is 0 Å². The quantitative estimate of drug-likeness (QED) is 0.0825. The molecule has 0 aromatic carbocycles. The van der Waals surface area contributed by atoms with Crippen LogP contribution in [0.25, 0.3) is 0 Å². The molecule has 0 spiro atoms. The molecule has 0 radical (unpaired) electrons. The zero-order valence-electron chi connectivity index (χ0n) is 25.6. The molecule has 45 heavy (non-hydrogen) atoms. The molecule has 0 aliphatic carbocycles. The topological polar surface area (TPSA) is 55.4 Å². The van der Waals surface area contributed by atoms with E-state index in [0.29, 0.717) is 0 Å². The number of rotatable bonds is 22. The van der Waals surface area contributed by atoms with Gasteiger partial charge in [-0.1, -0.05) is 13.8 Å². The molecular formula is C23H38F14O6Si2. The van der Waals surface area contributed by atoms with Gasteiger partial charge in [-0.3, -0.25) is 0 Å².